The van der Waals surface area contributed by atoms with E-state index in [1.54, 1.807) is 49.4 Å². The van der Waals surface area contributed by atoms with Crippen LogP contribution in [0.2, 0.25) is 5.02 Å². The van der Waals surface area contributed by atoms with Gasteiger partial charge < -0.3 is 30.5 Å². The fourth-order valence-electron chi connectivity index (χ4n) is 4.58. The number of hydrogen-bond donors (Lipinski definition) is 4. The minimum atomic E-state index is -1.44. The SMILES string of the molecule is Cc1ccc(CNC(=O)[C@H](Cc2cccc(N(C)C(=O)C(C#N)=CC(C)C)c2)NC(=O)[C@@H](NC(=O)c2cc(C)on2)[C@@H](C)O)c(Cl)c1. The number of benzene rings is 2. The molecule has 4 amide bonds. The second kappa shape index (κ2) is 16.5. The molecule has 47 heavy (non-hydrogen) atoms. The van der Waals surface area contributed by atoms with E-state index in [2.05, 4.69) is 21.1 Å². The van der Waals surface area contributed by atoms with E-state index >= 15 is 0 Å². The number of aryl methyl sites for hydroxylation is 2. The lowest BCUT2D eigenvalue weighted by molar-refractivity contribution is -0.131. The maximum absolute atomic E-state index is 13.6. The molecule has 0 aliphatic carbocycles. The summed E-state index contributed by atoms with van der Waals surface area (Å²) in [6.45, 7) is 8.61. The highest BCUT2D eigenvalue weighted by Crippen LogP contribution is 2.20. The first kappa shape index (κ1) is 36.5. The van der Waals surface area contributed by atoms with Crippen molar-refractivity contribution in [1.82, 2.24) is 21.1 Å². The monoisotopic (exact) mass is 662 g/mol. The van der Waals surface area contributed by atoms with Gasteiger partial charge in [-0.3, -0.25) is 19.2 Å². The van der Waals surface area contributed by atoms with Gasteiger partial charge in [-0.1, -0.05) is 60.9 Å². The van der Waals surface area contributed by atoms with E-state index in [-0.39, 0.29) is 30.2 Å². The first-order valence-electron chi connectivity index (χ1n) is 14.9. The van der Waals surface area contributed by atoms with Crippen molar-refractivity contribution in [2.24, 2.45) is 5.92 Å². The van der Waals surface area contributed by atoms with E-state index in [0.717, 1.165) is 5.56 Å². The molecule has 4 N–H and O–H groups in total. The van der Waals surface area contributed by atoms with Crippen LogP contribution in [0.3, 0.4) is 0 Å². The summed E-state index contributed by atoms with van der Waals surface area (Å²) in [5, 5.41) is 31.9. The summed E-state index contributed by atoms with van der Waals surface area (Å²) in [7, 11) is 1.54. The average Bonchev–Trinajstić information content (AvgIpc) is 3.46. The molecule has 12 nitrogen and oxygen atoms in total. The van der Waals surface area contributed by atoms with E-state index in [9.17, 15) is 29.5 Å². The molecule has 1 heterocycles. The number of nitrogens with one attached hydrogen (secondary N) is 3. The van der Waals surface area contributed by atoms with Crippen LogP contribution in [0, 0.1) is 31.1 Å². The lowest BCUT2D eigenvalue weighted by Gasteiger charge is -2.25. The molecule has 0 fully saturated rings. The number of carbonyl (C=O) groups excluding carboxylic acids is 4. The third-order valence-electron chi connectivity index (χ3n) is 7.10. The van der Waals surface area contributed by atoms with Crippen LogP contribution in [0.15, 0.2) is 64.7 Å². The standard InChI is InChI=1S/C34H39ClN6O6/c1-19(2)12-25(17-36)34(46)41(6)26-9-7-8-23(15-26)16-28(31(43)37-18-24-11-10-20(3)13-27(24)35)38-33(45)30(22(5)42)39-32(44)29-14-21(4)47-40-29/h7-15,19,22,28,30,42H,16,18H2,1-6H3,(H,37,43)(H,38,45)(H,39,44)/t22-,28+,30+/m1/s1. The number of anilines is 1. The maximum Gasteiger partial charge on any atom is 0.274 e. The molecule has 0 saturated heterocycles. The number of nitriles is 1. The third-order valence-corrected chi connectivity index (χ3v) is 7.45. The fraction of sp³-hybridized carbons (Fsp3) is 0.353. The quantitative estimate of drug-likeness (QED) is 0.159. The highest BCUT2D eigenvalue weighted by molar-refractivity contribution is 6.31. The van der Waals surface area contributed by atoms with Crippen molar-refractivity contribution >= 4 is 40.9 Å². The topological polar surface area (TPSA) is 178 Å². The van der Waals surface area contributed by atoms with Crippen LogP contribution in [0.25, 0.3) is 0 Å². The van der Waals surface area contributed by atoms with Crippen LogP contribution in [0.1, 0.15) is 53.7 Å². The molecule has 2 aromatic carbocycles. The first-order chi connectivity index (χ1) is 22.2. The lowest BCUT2D eigenvalue weighted by Crippen LogP contribution is -2.57. The lowest BCUT2D eigenvalue weighted by atomic mass is 10.0. The summed E-state index contributed by atoms with van der Waals surface area (Å²) in [6, 6.07) is 12.9. The van der Waals surface area contributed by atoms with Gasteiger partial charge in [-0.25, -0.2) is 0 Å². The van der Waals surface area contributed by atoms with Crippen molar-refractivity contribution in [3.8, 4) is 6.07 Å². The molecule has 3 aromatic rings. The van der Waals surface area contributed by atoms with Crippen molar-refractivity contribution in [3.63, 3.8) is 0 Å². The highest BCUT2D eigenvalue weighted by atomic mass is 35.5. The van der Waals surface area contributed by atoms with Gasteiger partial charge in [0.05, 0.1) is 6.10 Å². The molecule has 0 bridgehead atoms. The molecule has 3 rings (SSSR count). The number of likely N-dealkylation sites (N-methyl/N-ethyl adjacent to an activating group) is 1. The van der Waals surface area contributed by atoms with Crippen LogP contribution in [0.4, 0.5) is 5.69 Å². The number of allylic oxidation sites excluding steroid dienone is 1. The second-order valence-electron chi connectivity index (χ2n) is 11.6. The van der Waals surface area contributed by atoms with Gasteiger partial charge in [-0.05, 0) is 61.6 Å². The van der Waals surface area contributed by atoms with Crippen LogP contribution in [-0.4, -0.2) is 59.1 Å². The Labute approximate surface area is 278 Å². The number of aliphatic hydroxyl groups is 1. The van der Waals surface area contributed by atoms with Gasteiger partial charge >= 0.3 is 0 Å². The molecule has 13 heteroatoms. The van der Waals surface area contributed by atoms with Crippen LogP contribution < -0.4 is 20.9 Å². The summed E-state index contributed by atoms with van der Waals surface area (Å²) in [4.78, 5) is 54.1. The molecule has 0 aliphatic rings. The van der Waals surface area contributed by atoms with Gasteiger partial charge in [0.15, 0.2) is 5.69 Å². The Balaban J connectivity index is 1.88. The number of carbonyl (C=O) groups is 4. The third kappa shape index (κ3) is 10.3. The maximum atomic E-state index is 13.6. The molecule has 3 atom stereocenters. The minimum absolute atomic E-state index is 0.000759. The zero-order valence-electron chi connectivity index (χ0n) is 27.1. The number of halogens is 1. The average molecular weight is 663 g/mol. The molecule has 1 aromatic heterocycles. The van der Waals surface area contributed by atoms with Gasteiger partial charge in [0.2, 0.25) is 11.8 Å². The van der Waals surface area contributed by atoms with Crippen molar-refractivity contribution in [2.75, 3.05) is 11.9 Å². The Kier molecular flexibility index (Phi) is 12.8. The van der Waals surface area contributed by atoms with Crippen molar-refractivity contribution in [1.29, 1.82) is 5.26 Å². The number of rotatable bonds is 13. The molecule has 0 saturated carbocycles. The van der Waals surface area contributed by atoms with Crippen molar-refractivity contribution in [2.45, 2.75) is 65.8 Å². The van der Waals surface area contributed by atoms with Crippen LogP contribution >= 0.6 is 11.6 Å². The second-order valence-corrected chi connectivity index (χ2v) is 12.0. The predicted molar refractivity (Wildman–Crippen MR) is 176 cm³/mol. The van der Waals surface area contributed by atoms with Crippen LogP contribution in [0.5, 0.6) is 0 Å². The molecule has 0 radical (unpaired) electrons. The predicted octanol–water partition coefficient (Wildman–Crippen LogP) is 3.54. The first-order valence-corrected chi connectivity index (χ1v) is 15.3. The summed E-state index contributed by atoms with van der Waals surface area (Å²) in [5.41, 5.74) is 2.58. The van der Waals surface area contributed by atoms with Gasteiger partial charge in [0, 0.05) is 36.8 Å². The van der Waals surface area contributed by atoms with Crippen molar-refractivity contribution < 1.29 is 28.8 Å². The number of nitrogens with zero attached hydrogens (tertiary/aromatic N) is 3. The summed E-state index contributed by atoms with van der Waals surface area (Å²) >= 11 is 6.36. The molecule has 0 aliphatic heterocycles. The fourth-order valence-corrected chi connectivity index (χ4v) is 4.88. The smallest absolute Gasteiger partial charge is 0.274 e. The van der Waals surface area contributed by atoms with Crippen molar-refractivity contribution in [3.05, 3.63) is 93.3 Å². The van der Waals surface area contributed by atoms with E-state index < -0.39 is 41.8 Å². The number of aliphatic hydroxyl groups excluding tert-OH is 1. The van der Waals surface area contributed by atoms with E-state index in [1.165, 1.54) is 24.9 Å². The normalized spacial score (nSPS) is 13.2. The summed E-state index contributed by atoms with van der Waals surface area (Å²) < 4.78 is 4.93. The zero-order valence-corrected chi connectivity index (χ0v) is 27.9. The van der Waals surface area contributed by atoms with Gasteiger partial charge in [0.1, 0.15) is 29.5 Å². The number of hydrogen-bond acceptors (Lipinski definition) is 8. The molecule has 0 spiro atoms. The minimum Gasteiger partial charge on any atom is -0.391 e. The van der Waals surface area contributed by atoms with Gasteiger partial charge in [0.25, 0.3) is 11.8 Å². The Morgan fingerprint density at radius 2 is 1.79 bits per heavy atom. The highest BCUT2D eigenvalue weighted by Gasteiger charge is 2.31. The van der Waals surface area contributed by atoms with Gasteiger partial charge in [-0.2, -0.15) is 5.26 Å². The Morgan fingerprint density at radius 1 is 1.06 bits per heavy atom. The van der Waals surface area contributed by atoms with Gasteiger partial charge in [-0.15, -0.1) is 0 Å². The molecule has 0 unspecified atom stereocenters. The number of amides is 4. The number of aromatic nitrogens is 1. The molecular weight excluding hydrogens is 624 g/mol. The Bertz CT molecular complexity index is 1690. The summed E-state index contributed by atoms with van der Waals surface area (Å²) in [5.74, 6) is -2.24. The molecular formula is C34H39ClN6O6. The van der Waals surface area contributed by atoms with E-state index in [0.29, 0.717) is 27.6 Å². The zero-order chi connectivity index (χ0) is 34.8. The summed E-state index contributed by atoms with van der Waals surface area (Å²) in [6.07, 6.45) is 0.226. The van der Waals surface area contributed by atoms with E-state index in [1.807, 2.05) is 32.9 Å². The molecule has 248 valence electrons. The van der Waals surface area contributed by atoms with E-state index in [4.69, 9.17) is 16.1 Å². The Morgan fingerprint density at radius 3 is 2.38 bits per heavy atom. The Hall–Kier alpha value is -4.99. The largest absolute Gasteiger partial charge is 0.391 e. The van der Waals surface area contributed by atoms with Crippen LogP contribution in [-0.2, 0) is 27.3 Å².